The Morgan fingerprint density at radius 2 is 1.70 bits per heavy atom. The second-order valence-electron chi connectivity index (χ2n) is 6.88. The fraction of sp³-hybridized carbons (Fsp3) is 0.182. The molecule has 2 heterocycles. The zero-order valence-corrected chi connectivity index (χ0v) is 14.6. The Bertz CT molecular complexity index is 1060. The first-order chi connectivity index (χ1) is 13.2. The maximum Gasteiger partial charge on any atom is 0.414 e. The van der Waals surface area contributed by atoms with Gasteiger partial charge >= 0.3 is 6.09 Å². The maximum absolute atomic E-state index is 12.7. The molecule has 0 saturated heterocycles. The molecule has 0 unspecified atom stereocenters. The van der Waals surface area contributed by atoms with Gasteiger partial charge in [-0.05, 0) is 34.7 Å². The number of aromatic nitrogens is 1. The molecule has 0 bridgehead atoms. The molecule has 0 fully saturated rings. The van der Waals surface area contributed by atoms with Gasteiger partial charge in [0.2, 0.25) is 0 Å². The Morgan fingerprint density at radius 1 is 1.04 bits per heavy atom. The Kier molecular flexibility index (Phi) is 3.60. The van der Waals surface area contributed by atoms with Crippen molar-refractivity contribution in [3.63, 3.8) is 0 Å². The fourth-order valence-corrected chi connectivity index (χ4v) is 4.20. The molecule has 1 amide bonds. The van der Waals surface area contributed by atoms with Crippen LogP contribution in [0, 0.1) is 0 Å². The third-order valence-electron chi connectivity index (χ3n) is 5.47. The summed E-state index contributed by atoms with van der Waals surface area (Å²) in [5.74, 6) is 0.0302. The van der Waals surface area contributed by atoms with Crippen LogP contribution < -0.4 is 10.5 Å². The number of nitrogens with one attached hydrogen (secondary N) is 1. The molecular weight excluding hydrogens is 340 g/mol. The highest BCUT2D eigenvalue weighted by Gasteiger charge is 2.31. The fourth-order valence-electron chi connectivity index (χ4n) is 4.20. The van der Waals surface area contributed by atoms with Crippen molar-refractivity contribution in [3.05, 3.63) is 87.8 Å². The highest BCUT2D eigenvalue weighted by molar-refractivity contribution is 5.90. The molecule has 5 heteroatoms. The van der Waals surface area contributed by atoms with Gasteiger partial charge in [-0.25, -0.2) is 4.79 Å². The van der Waals surface area contributed by atoms with Gasteiger partial charge in [-0.3, -0.25) is 9.69 Å². The second-order valence-corrected chi connectivity index (χ2v) is 6.88. The number of pyridine rings is 1. The average Bonchev–Trinajstić information content (AvgIpc) is 3.27. The molecular formula is C22H18N2O3. The van der Waals surface area contributed by atoms with Crippen molar-refractivity contribution in [2.24, 2.45) is 0 Å². The monoisotopic (exact) mass is 358 g/mol. The van der Waals surface area contributed by atoms with Gasteiger partial charge < -0.3 is 9.72 Å². The van der Waals surface area contributed by atoms with E-state index in [0.717, 1.165) is 0 Å². The number of amides is 1. The second kappa shape index (κ2) is 6.13. The highest BCUT2D eigenvalue weighted by atomic mass is 16.6. The van der Waals surface area contributed by atoms with Crippen LogP contribution in [0.1, 0.15) is 22.6 Å². The molecule has 134 valence electrons. The molecule has 5 nitrogen and oxygen atoms in total. The largest absolute Gasteiger partial charge is 0.448 e. The minimum absolute atomic E-state index is 0.0302. The number of carbonyl (C=O) groups is 1. The first-order valence-electron chi connectivity index (χ1n) is 9.07. The van der Waals surface area contributed by atoms with Gasteiger partial charge in [0.1, 0.15) is 6.61 Å². The molecule has 2 aromatic carbocycles. The summed E-state index contributed by atoms with van der Waals surface area (Å²) in [6.07, 6.45) is 1.72. The Hall–Kier alpha value is -3.34. The standard InChI is InChI=1S/C22H18N2O3/c25-21-18-10-12-24(20(18)9-11-23-21)22(26)27-13-19-16-7-3-1-5-14(16)15-6-2-4-8-17(15)19/h1-9,11,19H,10,12-13H2,(H,23,25). The van der Waals surface area contributed by atoms with E-state index in [0.29, 0.717) is 24.2 Å². The van der Waals surface area contributed by atoms with E-state index in [4.69, 9.17) is 4.74 Å². The molecule has 0 spiro atoms. The van der Waals surface area contributed by atoms with Crippen LogP contribution in [0.5, 0.6) is 0 Å². The lowest BCUT2D eigenvalue weighted by Gasteiger charge is -2.19. The van der Waals surface area contributed by atoms with Crippen LogP contribution in [0.25, 0.3) is 11.1 Å². The van der Waals surface area contributed by atoms with Crippen molar-refractivity contribution < 1.29 is 9.53 Å². The van der Waals surface area contributed by atoms with E-state index in [9.17, 15) is 9.59 Å². The van der Waals surface area contributed by atoms with Crippen LogP contribution >= 0.6 is 0 Å². The SMILES string of the molecule is O=C(OCC1c2ccccc2-c2ccccc21)N1CCc2c1cc[nH]c2=O. The summed E-state index contributed by atoms with van der Waals surface area (Å²) in [6, 6.07) is 18.3. The van der Waals surface area contributed by atoms with E-state index in [1.165, 1.54) is 22.3 Å². The lowest BCUT2D eigenvalue weighted by Crippen LogP contribution is -2.30. The van der Waals surface area contributed by atoms with Crippen molar-refractivity contribution in [3.8, 4) is 11.1 Å². The number of hydrogen-bond acceptors (Lipinski definition) is 3. The average molecular weight is 358 g/mol. The van der Waals surface area contributed by atoms with Gasteiger partial charge in [-0.1, -0.05) is 48.5 Å². The van der Waals surface area contributed by atoms with Crippen molar-refractivity contribution in [2.75, 3.05) is 18.1 Å². The molecule has 1 aliphatic carbocycles. The first kappa shape index (κ1) is 15.9. The summed E-state index contributed by atoms with van der Waals surface area (Å²) in [5.41, 5.74) is 5.93. The number of nitrogens with zero attached hydrogens (tertiary/aromatic N) is 1. The molecule has 0 radical (unpaired) electrons. The van der Waals surface area contributed by atoms with Crippen molar-refractivity contribution in [1.82, 2.24) is 4.98 Å². The van der Waals surface area contributed by atoms with Crippen LogP contribution in [0.15, 0.2) is 65.6 Å². The highest BCUT2D eigenvalue weighted by Crippen LogP contribution is 2.44. The van der Waals surface area contributed by atoms with E-state index in [1.807, 2.05) is 24.3 Å². The Labute approximate surface area is 156 Å². The summed E-state index contributed by atoms with van der Waals surface area (Å²) < 4.78 is 5.70. The molecule has 3 aromatic rings. The number of hydrogen-bond donors (Lipinski definition) is 1. The molecule has 1 aromatic heterocycles. The predicted molar refractivity (Wildman–Crippen MR) is 103 cm³/mol. The summed E-state index contributed by atoms with van der Waals surface area (Å²) in [6.45, 7) is 0.751. The van der Waals surface area contributed by atoms with Gasteiger partial charge in [0, 0.05) is 24.2 Å². The van der Waals surface area contributed by atoms with E-state index in [2.05, 4.69) is 29.2 Å². The minimum Gasteiger partial charge on any atom is -0.448 e. The molecule has 2 aliphatic rings. The number of fused-ring (bicyclic) bond motifs is 4. The minimum atomic E-state index is -0.402. The zero-order valence-electron chi connectivity index (χ0n) is 14.6. The van der Waals surface area contributed by atoms with Gasteiger partial charge in [-0.15, -0.1) is 0 Å². The Balaban J connectivity index is 1.39. The molecule has 1 aliphatic heterocycles. The first-order valence-corrected chi connectivity index (χ1v) is 9.07. The molecule has 1 N–H and O–H groups in total. The van der Waals surface area contributed by atoms with Crippen molar-refractivity contribution in [1.29, 1.82) is 0 Å². The smallest absolute Gasteiger partial charge is 0.414 e. The normalized spacial score (nSPS) is 14.6. The van der Waals surface area contributed by atoms with Crippen molar-refractivity contribution >= 4 is 11.8 Å². The third-order valence-corrected chi connectivity index (χ3v) is 5.47. The van der Waals surface area contributed by atoms with Crippen LogP contribution in [-0.4, -0.2) is 24.2 Å². The van der Waals surface area contributed by atoms with E-state index in [1.54, 1.807) is 17.2 Å². The topological polar surface area (TPSA) is 62.4 Å². The number of rotatable bonds is 2. The number of anilines is 1. The van der Waals surface area contributed by atoms with Gasteiger partial charge in [-0.2, -0.15) is 0 Å². The summed E-state index contributed by atoms with van der Waals surface area (Å²) >= 11 is 0. The summed E-state index contributed by atoms with van der Waals surface area (Å²) in [7, 11) is 0. The Morgan fingerprint density at radius 3 is 2.41 bits per heavy atom. The molecule has 5 rings (SSSR count). The van der Waals surface area contributed by atoms with Crippen molar-refractivity contribution in [2.45, 2.75) is 12.3 Å². The van der Waals surface area contributed by atoms with Crippen LogP contribution in [0.3, 0.4) is 0 Å². The lowest BCUT2D eigenvalue weighted by atomic mass is 9.98. The van der Waals surface area contributed by atoms with E-state index in [-0.39, 0.29) is 18.1 Å². The number of H-pyrrole nitrogens is 1. The maximum atomic E-state index is 12.7. The number of aromatic amines is 1. The van der Waals surface area contributed by atoms with Crippen LogP contribution in [-0.2, 0) is 11.2 Å². The van der Waals surface area contributed by atoms with Gasteiger partial charge in [0.05, 0.1) is 5.69 Å². The van der Waals surface area contributed by atoms with Crippen LogP contribution in [0.2, 0.25) is 0 Å². The summed E-state index contributed by atoms with van der Waals surface area (Å²) in [5, 5.41) is 0. The third kappa shape index (κ3) is 2.46. The number of ether oxygens (including phenoxy) is 1. The van der Waals surface area contributed by atoms with E-state index >= 15 is 0 Å². The number of benzene rings is 2. The van der Waals surface area contributed by atoms with E-state index < -0.39 is 6.09 Å². The van der Waals surface area contributed by atoms with Gasteiger partial charge in [0.15, 0.2) is 0 Å². The van der Waals surface area contributed by atoms with Gasteiger partial charge in [0.25, 0.3) is 5.56 Å². The van der Waals surface area contributed by atoms with Crippen LogP contribution in [0.4, 0.5) is 10.5 Å². The quantitative estimate of drug-likeness (QED) is 0.760. The lowest BCUT2D eigenvalue weighted by molar-refractivity contribution is 0.151. The number of carbonyl (C=O) groups excluding carboxylic acids is 1. The predicted octanol–water partition coefficient (Wildman–Crippen LogP) is 3.69. The summed E-state index contributed by atoms with van der Waals surface area (Å²) in [4.78, 5) is 28.8. The zero-order chi connectivity index (χ0) is 18.4. The molecule has 0 saturated carbocycles. The molecule has 0 atom stereocenters. The molecule has 27 heavy (non-hydrogen) atoms.